The Labute approximate surface area is 103 Å². The molecule has 0 bridgehead atoms. The molecule has 1 aromatic rings. The van der Waals surface area contributed by atoms with Gasteiger partial charge in [0.2, 0.25) is 0 Å². The summed E-state index contributed by atoms with van der Waals surface area (Å²) in [7, 11) is 0. The Kier molecular flexibility index (Phi) is 4.97. The van der Waals surface area contributed by atoms with Gasteiger partial charge >= 0.3 is 11.7 Å². The molecular weight excluding hydrogens is 242 g/mol. The molecule has 0 N–H and O–H groups in total. The summed E-state index contributed by atoms with van der Waals surface area (Å²) in [5.41, 5.74) is -0.173. The summed E-state index contributed by atoms with van der Waals surface area (Å²) >= 11 is 0. The normalized spacial score (nSPS) is 10.1. The van der Waals surface area contributed by atoms with Gasteiger partial charge in [0.1, 0.15) is 12.4 Å². The highest BCUT2D eigenvalue weighted by Crippen LogP contribution is 2.08. The molecule has 0 aliphatic carbocycles. The molecule has 0 radical (unpaired) electrons. The van der Waals surface area contributed by atoms with Crippen molar-refractivity contribution < 1.29 is 19.2 Å². The number of carbonyl (C=O) groups excluding carboxylic acids is 2. The molecule has 0 aliphatic rings. The lowest BCUT2D eigenvalue weighted by Gasteiger charge is -2.01. The van der Waals surface area contributed by atoms with Gasteiger partial charge in [-0.3, -0.25) is 24.4 Å². The second-order valence-electron chi connectivity index (χ2n) is 3.50. The molecule has 0 fully saturated rings. The molecule has 1 heterocycles. The smallest absolute Gasteiger partial charge is 0.307 e. The van der Waals surface area contributed by atoms with Crippen LogP contribution < -0.4 is 0 Å². The van der Waals surface area contributed by atoms with Gasteiger partial charge in [-0.2, -0.15) is 5.10 Å². The molecule has 0 saturated carbocycles. The number of esters is 1. The molecule has 0 aromatic carbocycles. The minimum Gasteiger partial charge on any atom is -0.466 e. The number of Topliss-reactive ketones (excluding diaryl/α,β-unsaturated/α-hetero) is 1. The second-order valence-corrected chi connectivity index (χ2v) is 3.50. The number of nitrogens with zero attached hydrogens (tertiary/aromatic N) is 3. The standard InChI is InChI=1S/C10H13N3O5/c1-2-18-10(15)4-3-9(14)7-12-6-8(5-11-12)13(16)17/h5-6H,2-4,7H2,1H3. The number of hydrogen-bond acceptors (Lipinski definition) is 6. The third-order valence-electron chi connectivity index (χ3n) is 2.08. The van der Waals surface area contributed by atoms with Crippen molar-refractivity contribution in [2.24, 2.45) is 0 Å². The molecule has 0 aliphatic heterocycles. The maximum Gasteiger partial charge on any atom is 0.307 e. The predicted octanol–water partition coefficient (Wildman–Crippen LogP) is 0.704. The van der Waals surface area contributed by atoms with E-state index in [1.54, 1.807) is 6.92 Å². The first-order valence-electron chi connectivity index (χ1n) is 5.37. The van der Waals surface area contributed by atoms with E-state index < -0.39 is 10.9 Å². The lowest BCUT2D eigenvalue weighted by molar-refractivity contribution is -0.385. The van der Waals surface area contributed by atoms with Crippen LogP contribution in [0.4, 0.5) is 5.69 Å². The summed E-state index contributed by atoms with van der Waals surface area (Å²) < 4.78 is 5.85. The maximum absolute atomic E-state index is 11.5. The monoisotopic (exact) mass is 255 g/mol. The van der Waals surface area contributed by atoms with Crippen LogP contribution >= 0.6 is 0 Å². The summed E-state index contributed by atoms with van der Waals surface area (Å²) in [5, 5.41) is 14.1. The van der Waals surface area contributed by atoms with E-state index in [4.69, 9.17) is 0 Å². The molecule has 8 heteroatoms. The van der Waals surface area contributed by atoms with Crippen LogP contribution in [0.5, 0.6) is 0 Å². The van der Waals surface area contributed by atoms with Gasteiger partial charge in [0.25, 0.3) is 0 Å². The fourth-order valence-corrected chi connectivity index (χ4v) is 1.27. The average molecular weight is 255 g/mol. The van der Waals surface area contributed by atoms with Gasteiger partial charge in [0, 0.05) is 6.42 Å². The van der Waals surface area contributed by atoms with Gasteiger partial charge in [-0.25, -0.2) is 0 Å². The Morgan fingerprint density at radius 3 is 2.78 bits per heavy atom. The van der Waals surface area contributed by atoms with Crippen LogP contribution in [0.1, 0.15) is 19.8 Å². The minimum absolute atomic E-state index is 0.00996. The lowest BCUT2D eigenvalue weighted by atomic mass is 10.2. The highest BCUT2D eigenvalue weighted by Gasteiger charge is 2.12. The molecular formula is C10H13N3O5. The Morgan fingerprint density at radius 2 is 2.22 bits per heavy atom. The first kappa shape index (κ1) is 13.8. The number of carbonyl (C=O) groups is 2. The molecule has 0 amide bonds. The Balaban J connectivity index is 2.39. The molecule has 18 heavy (non-hydrogen) atoms. The van der Waals surface area contributed by atoms with Crippen LogP contribution in [0.3, 0.4) is 0 Å². The summed E-state index contributed by atoms with van der Waals surface area (Å²) in [4.78, 5) is 32.3. The van der Waals surface area contributed by atoms with Gasteiger partial charge in [0.05, 0.1) is 24.5 Å². The number of ketones is 1. The van der Waals surface area contributed by atoms with Crippen LogP contribution in [0.2, 0.25) is 0 Å². The summed E-state index contributed by atoms with van der Waals surface area (Å²) in [6.45, 7) is 1.87. The van der Waals surface area contributed by atoms with Crippen LogP contribution in [0.15, 0.2) is 12.4 Å². The van der Waals surface area contributed by atoms with Gasteiger partial charge in [-0.15, -0.1) is 0 Å². The van der Waals surface area contributed by atoms with E-state index in [9.17, 15) is 19.7 Å². The number of aromatic nitrogens is 2. The van der Waals surface area contributed by atoms with Crippen molar-refractivity contribution in [3.8, 4) is 0 Å². The quantitative estimate of drug-likeness (QED) is 0.403. The zero-order valence-corrected chi connectivity index (χ0v) is 9.87. The lowest BCUT2D eigenvalue weighted by Crippen LogP contribution is -2.13. The van der Waals surface area contributed by atoms with Crippen molar-refractivity contribution in [3.63, 3.8) is 0 Å². The second kappa shape index (κ2) is 6.48. The minimum atomic E-state index is -0.591. The van der Waals surface area contributed by atoms with Crippen molar-refractivity contribution in [1.82, 2.24) is 9.78 Å². The van der Waals surface area contributed by atoms with Gasteiger partial charge in [-0.05, 0) is 6.92 Å². The topological polar surface area (TPSA) is 104 Å². The number of rotatable bonds is 7. The molecule has 8 nitrogen and oxygen atoms in total. The van der Waals surface area contributed by atoms with Gasteiger partial charge < -0.3 is 4.74 Å². The summed E-state index contributed by atoms with van der Waals surface area (Å²) in [6, 6.07) is 0. The molecule has 0 saturated heterocycles. The van der Waals surface area contributed by atoms with E-state index >= 15 is 0 Å². The summed E-state index contributed by atoms with van der Waals surface area (Å²) in [5.74, 6) is -0.668. The predicted molar refractivity (Wildman–Crippen MR) is 59.8 cm³/mol. The summed E-state index contributed by atoms with van der Waals surface area (Å²) in [6.07, 6.45) is 2.28. The third kappa shape index (κ3) is 4.32. The van der Waals surface area contributed by atoms with Gasteiger partial charge in [-0.1, -0.05) is 0 Å². The van der Waals surface area contributed by atoms with Gasteiger partial charge in [0.15, 0.2) is 5.78 Å². The van der Waals surface area contributed by atoms with E-state index in [0.717, 1.165) is 6.20 Å². The Bertz CT molecular complexity index is 454. The fraction of sp³-hybridized carbons (Fsp3) is 0.500. The van der Waals surface area contributed by atoms with Crippen molar-refractivity contribution in [2.45, 2.75) is 26.3 Å². The van der Waals surface area contributed by atoms with E-state index in [2.05, 4.69) is 9.84 Å². The van der Waals surface area contributed by atoms with Crippen molar-refractivity contribution in [1.29, 1.82) is 0 Å². The van der Waals surface area contributed by atoms with Crippen molar-refractivity contribution in [2.75, 3.05) is 6.61 Å². The first-order chi connectivity index (χ1) is 8.52. The zero-order chi connectivity index (χ0) is 13.5. The van der Waals surface area contributed by atoms with Crippen LogP contribution in [-0.4, -0.2) is 33.1 Å². The molecule has 1 aromatic heterocycles. The number of hydrogen-bond donors (Lipinski definition) is 0. The van der Waals surface area contributed by atoms with Crippen molar-refractivity contribution >= 4 is 17.4 Å². The first-order valence-corrected chi connectivity index (χ1v) is 5.37. The fourth-order valence-electron chi connectivity index (χ4n) is 1.27. The van der Waals surface area contributed by atoms with E-state index in [0.29, 0.717) is 0 Å². The third-order valence-corrected chi connectivity index (χ3v) is 2.08. The SMILES string of the molecule is CCOC(=O)CCC(=O)Cn1cc([N+](=O)[O-])cn1. The average Bonchev–Trinajstić information content (AvgIpc) is 2.75. The van der Waals surface area contributed by atoms with Crippen LogP contribution in [-0.2, 0) is 20.9 Å². The molecule has 0 atom stereocenters. The van der Waals surface area contributed by atoms with Crippen LogP contribution in [0.25, 0.3) is 0 Å². The van der Waals surface area contributed by atoms with E-state index in [1.807, 2.05) is 0 Å². The highest BCUT2D eigenvalue weighted by molar-refractivity contribution is 5.82. The van der Waals surface area contributed by atoms with Crippen LogP contribution in [0, 0.1) is 10.1 Å². The Morgan fingerprint density at radius 1 is 1.50 bits per heavy atom. The largest absolute Gasteiger partial charge is 0.466 e. The molecule has 0 spiro atoms. The number of nitro groups is 1. The molecule has 0 unspecified atom stereocenters. The Hall–Kier alpha value is -2.25. The van der Waals surface area contributed by atoms with E-state index in [1.165, 1.54) is 10.9 Å². The van der Waals surface area contributed by atoms with E-state index in [-0.39, 0.29) is 37.5 Å². The maximum atomic E-state index is 11.5. The highest BCUT2D eigenvalue weighted by atomic mass is 16.6. The molecule has 1 rings (SSSR count). The van der Waals surface area contributed by atoms with Crippen molar-refractivity contribution in [3.05, 3.63) is 22.5 Å². The number of ether oxygens (including phenoxy) is 1. The molecule has 98 valence electrons. The zero-order valence-electron chi connectivity index (χ0n) is 9.87.